The number of rotatable bonds is 1. The van der Waals surface area contributed by atoms with Gasteiger partial charge in [0, 0.05) is 18.8 Å². The van der Waals surface area contributed by atoms with E-state index in [0.717, 1.165) is 30.0 Å². The number of nitrogens with zero attached hydrogens (tertiary/aromatic N) is 1. The molecule has 0 unspecified atom stereocenters. The fraction of sp³-hybridized carbons (Fsp3) is 0.562. The van der Waals surface area contributed by atoms with Crippen molar-refractivity contribution in [1.29, 1.82) is 0 Å². The average molecular weight is 276 g/mol. The minimum absolute atomic E-state index is 0.724. The summed E-state index contributed by atoms with van der Waals surface area (Å²) in [5.41, 5.74) is 3.67. The highest BCUT2D eigenvalue weighted by Gasteiger charge is 2.23. The maximum atomic E-state index is 5.60. The number of nitrogens with one attached hydrogen (secondary N) is 1. The van der Waals surface area contributed by atoms with Gasteiger partial charge in [-0.2, -0.15) is 0 Å². The number of anilines is 1. The summed E-state index contributed by atoms with van der Waals surface area (Å²) in [4.78, 5) is 2.32. The van der Waals surface area contributed by atoms with Gasteiger partial charge in [-0.25, -0.2) is 0 Å². The van der Waals surface area contributed by atoms with Gasteiger partial charge < -0.3 is 10.2 Å². The van der Waals surface area contributed by atoms with Crippen LogP contribution in [0.5, 0.6) is 0 Å². The van der Waals surface area contributed by atoms with Crippen molar-refractivity contribution in [3.8, 4) is 0 Å². The molecule has 3 heteroatoms. The maximum Gasteiger partial charge on any atom is 0.173 e. The third kappa shape index (κ3) is 3.47. The van der Waals surface area contributed by atoms with Crippen LogP contribution in [-0.2, 0) is 0 Å². The predicted octanol–water partition coefficient (Wildman–Crippen LogP) is 3.98. The summed E-state index contributed by atoms with van der Waals surface area (Å²) in [7, 11) is 0. The largest absolute Gasteiger partial charge is 0.348 e. The second-order valence-electron chi connectivity index (χ2n) is 6.05. The molecule has 0 radical (unpaired) electrons. The number of piperidine rings is 1. The van der Waals surface area contributed by atoms with E-state index in [2.05, 4.69) is 56.1 Å². The Balaban J connectivity index is 2.08. The molecule has 0 saturated carbocycles. The molecule has 1 heterocycles. The van der Waals surface area contributed by atoms with E-state index in [1.165, 1.54) is 23.2 Å². The van der Waals surface area contributed by atoms with E-state index < -0.39 is 0 Å². The standard InChI is InChI=1S/C16H24N2S/c1-11-8-12(2)10-18(9-11)16(19)17-15-13(3)6-5-7-14(15)4/h5-7,11-12H,8-10H2,1-4H3,(H,17,19)/t11-,12-/m0/s1. The minimum atomic E-state index is 0.724. The third-order valence-corrected chi connectivity index (χ3v) is 4.23. The van der Waals surface area contributed by atoms with Gasteiger partial charge in [0.25, 0.3) is 0 Å². The lowest BCUT2D eigenvalue weighted by Gasteiger charge is -2.37. The fourth-order valence-corrected chi connectivity index (χ4v) is 3.28. The topological polar surface area (TPSA) is 15.3 Å². The van der Waals surface area contributed by atoms with Crippen LogP contribution < -0.4 is 5.32 Å². The van der Waals surface area contributed by atoms with Gasteiger partial charge in [-0.3, -0.25) is 0 Å². The minimum Gasteiger partial charge on any atom is -0.348 e. The molecule has 0 bridgehead atoms. The predicted molar refractivity (Wildman–Crippen MR) is 86.7 cm³/mol. The zero-order valence-corrected chi connectivity index (χ0v) is 13.2. The van der Waals surface area contributed by atoms with Crippen LogP contribution in [0.2, 0.25) is 0 Å². The van der Waals surface area contributed by atoms with E-state index in [1.54, 1.807) is 0 Å². The van der Waals surface area contributed by atoms with Crippen LogP contribution >= 0.6 is 12.2 Å². The normalized spacial score (nSPS) is 23.3. The van der Waals surface area contributed by atoms with E-state index in [-0.39, 0.29) is 0 Å². The van der Waals surface area contributed by atoms with Crippen molar-refractivity contribution in [2.45, 2.75) is 34.1 Å². The third-order valence-electron chi connectivity index (χ3n) is 3.87. The van der Waals surface area contributed by atoms with Gasteiger partial charge in [0.15, 0.2) is 5.11 Å². The van der Waals surface area contributed by atoms with Crippen LogP contribution in [0.25, 0.3) is 0 Å². The first-order chi connectivity index (χ1) is 8.97. The first kappa shape index (κ1) is 14.3. The van der Waals surface area contributed by atoms with Crippen LogP contribution in [0, 0.1) is 25.7 Å². The summed E-state index contributed by atoms with van der Waals surface area (Å²) in [6, 6.07) is 6.34. The van der Waals surface area contributed by atoms with Crippen molar-refractivity contribution in [3.63, 3.8) is 0 Å². The molecule has 2 nitrogen and oxygen atoms in total. The molecule has 2 rings (SSSR count). The van der Waals surface area contributed by atoms with Crippen molar-refractivity contribution in [2.24, 2.45) is 11.8 Å². The summed E-state index contributed by atoms with van der Waals surface area (Å²) in [6.45, 7) is 11.0. The van der Waals surface area contributed by atoms with Gasteiger partial charge >= 0.3 is 0 Å². The second-order valence-corrected chi connectivity index (χ2v) is 6.43. The Labute approximate surface area is 122 Å². The van der Waals surface area contributed by atoms with Gasteiger partial charge in [0.1, 0.15) is 0 Å². The summed E-state index contributed by atoms with van der Waals surface area (Å²) in [5.74, 6) is 1.45. The molecule has 1 aromatic carbocycles. The maximum absolute atomic E-state index is 5.60. The van der Waals surface area contributed by atoms with Crippen molar-refractivity contribution in [2.75, 3.05) is 18.4 Å². The van der Waals surface area contributed by atoms with Crippen molar-refractivity contribution < 1.29 is 0 Å². The molecular weight excluding hydrogens is 252 g/mol. The van der Waals surface area contributed by atoms with Crippen LogP contribution in [0.4, 0.5) is 5.69 Å². The molecule has 1 fully saturated rings. The first-order valence-electron chi connectivity index (χ1n) is 7.09. The van der Waals surface area contributed by atoms with Crippen LogP contribution in [0.3, 0.4) is 0 Å². The van der Waals surface area contributed by atoms with Crippen molar-refractivity contribution >= 4 is 23.0 Å². The number of para-hydroxylation sites is 1. The number of aryl methyl sites for hydroxylation is 2. The quantitative estimate of drug-likeness (QED) is 0.781. The molecule has 0 amide bonds. The summed E-state index contributed by atoms with van der Waals surface area (Å²) in [5, 5.41) is 4.32. The van der Waals surface area contributed by atoms with Gasteiger partial charge in [-0.1, -0.05) is 32.0 Å². The Morgan fingerprint density at radius 1 is 1.16 bits per heavy atom. The highest BCUT2D eigenvalue weighted by atomic mass is 32.1. The molecule has 19 heavy (non-hydrogen) atoms. The van der Waals surface area contributed by atoms with Crippen LogP contribution in [0.15, 0.2) is 18.2 Å². The van der Waals surface area contributed by atoms with Gasteiger partial charge in [0.05, 0.1) is 0 Å². The zero-order valence-electron chi connectivity index (χ0n) is 12.4. The van der Waals surface area contributed by atoms with E-state index in [0.29, 0.717) is 0 Å². The fourth-order valence-electron chi connectivity index (χ4n) is 3.03. The van der Waals surface area contributed by atoms with Gasteiger partial charge in [-0.15, -0.1) is 0 Å². The molecule has 1 aliphatic rings. The van der Waals surface area contributed by atoms with Gasteiger partial charge in [-0.05, 0) is 55.4 Å². The van der Waals surface area contributed by atoms with Gasteiger partial charge in [0.2, 0.25) is 0 Å². The van der Waals surface area contributed by atoms with E-state index in [1.807, 2.05) is 0 Å². The lowest BCUT2D eigenvalue weighted by molar-refractivity contribution is 0.216. The number of thiocarbonyl (C=S) groups is 1. The number of benzene rings is 1. The summed E-state index contributed by atoms with van der Waals surface area (Å²) < 4.78 is 0. The molecule has 2 atom stereocenters. The molecule has 0 aliphatic carbocycles. The molecule has 1 saturated heterocycles. The zero-order chi connectivity index (χ0) is 14.0. The molecule has 0 aromatic heterocycles. The molecule has 1 aliphatic heterocycles. The molecular formula is C16H24N2S. The Morgan fingerprint density at radius 2 is 1.68 bits per heavy atom. The molecule has 0 spiro atoms. The molecule has 1 aromatic rings. The van der Waals surface area contributed by atoms with E-state index in [9.17, 15) is 0 Å². The van der Waals surface area contributed by atoms with Crippen LogP contribution in [-0.4, -0.2) is 23.1 Å². The van der Waals surface area contributed by atoms with E-state index in [4.69, 9.17) is 12.2 Å². The molecule has 104 valence electrons. The monoisotopic (exact) mass is 276 g/mol. The Morgan fingerprint density at radius 3 is 2.21 bits per heavy atom. The summed E-state index contributed by atoms with van der Waals surface area (Å²) in [6.07, 6.45) is 1.31. The Kier molecular flexibility index (Phi) is 4.46. The Hall–Kier alpha value is -1.09. The van der Waals surface area contributed by atoms with Crippen LogP contribution in [0.1, 0.15) is 31.4 Å². The number of hydrogen-bond donors (Lipinski definition) is 1. The lowest BCUT2D eigenvalue weighted by atomic mass is 9.92. The SMILES string of the molecule is Cc1cccc(C)c1NC(=S)N1C[C@@H](C)C[C@H](C)C1. The number of hydrogen-bond acceptors (Lipinski definition) is 1. The molecule has 1 N–H and O–H groups in total. The van der Waals surface area contributed by atoms with Crippen molar-refractivity contribution in [3.05, 3.63) is 29.3 Å². The Bertz CT molecular complexity index is 440. The lowest BCUT2D eigenvalue weighted by Crippen LogP contribution is -2.44. The smallest absolute Gasteiger partial charge is 0.173 e. The first-order valence-corrected chi connectivity index (χ1v) is 7.50. The summed E-state index contributed by atoms with van der Waals surface area (Å²) >= 11 is 5.60. The number of likely N-dealkylation sites (tertiary alicyclic amines) is 1. The van der Waals surface area contributed by atoms with E-state index >= 15 is 0 Å². The second kappa shape index (κ2) is 5.91. The highest BCUT2D eigenvalue weighted by molar-refractivity contribution is 7.80. The van der Waals surface area contributed by atoms with Crippen molar-refractivity contribution in [1.82, 2.24) is 4.90 Å². The average Bonchev–Trinajstić information content (AvgIpc) is 2.32. The highest BCUT2D eigenvalue weighted by Crippen LogP contribution is 2.24.